The number of esters is 1. The molecule has 0 aliphatic rings. The maximum absolute atomic E-state index is 11.6. The third-order valence-corrected chi connectivity index (χ3v) is 6.88. The second-order valence-corrected chi connectivity index (χ2v) is 13.3. The second-order valence-electron chi connectivity index (χ2n) is 6.90. The number of carbonyl (C=O) groups is 1. The molecule has 0 unspecified atom stereocenters. The van der Waals surface area contributed by atoms with E-state index >= 15 is 0 Å². The van der Waals surface area contributed by atoms with Gasteiger partial charge in [0.25, 0.3) is 0 Å². The van der Waals surface area contributed by atoms with Crippen LogP contribution in [-0.4, -0.2) is 26.4 Å². The number of carbonyl (C=O) groups excluding carboxylic acids is 1. The maximum atomic E-state index is 11.6. The van der Waals surface area contributed by atoms with Gasteiger partial charge in [-0.15, -0.1) is 11.8 Å². The quantitative estimate of drug-likeness (QED) is 0.425. The predicted molar refractivity (Wildman–Crippen MR) is 95.2 cm³/mol. The van der Waals surface area contributed by atoms with E-state index in [4.69, 9.17) is 4.74 Å². The van der Waals surface area contributed by atoms with Crippen LogP contribution in [0.25, 0.3) is 0 Å². The van der Waals surface area contributed by atoms with Crippen LogP contribution >= 0.6 is 11.8 Å². The third-order valence-electron chi connectivity index (χ3n) is 3.35. The van der Waals surface area contributed by atoms with E-state index < -0.39 is 8.07 Å². The van der Waals surface area contributed by atoms with Gasteiger partial charge in [0.2, 0.25) is 0 Å². The van der Waals surface area contributed by atoms with Crippen molar-refractivity contribution in [1.29, 1.82) is 0 Å². The summed E-state index contributed by atoms with van der Waals surface area (Å²) in [4.78, 5) is 13.0. The van der Waals surface area contributed by atoms with Crippen LogP contribution in [0.5, 0.6) is 0 Å². The summed E-state index contributed by atoms with van der Waals surface area (Å²) in [5.74, 6) is 0.463. The summed E-state index contributed by atoms with van der Waals surface area (Å²) in [6.07, 6.45) is 1.51. The van der Waals surface area contributed by atoms with Crippen LogP contribution in [-0.2, 0) is 9.53 Å². The van der Waals surface area contributed by atoms with Gasteiger partial charge < -0.3 is 4.74 Å². The molecule has 0 heterocycles. The van der Waals surface area contributed by atoms with Crippen LogP contribution in [0.3, 0.4) is 0 Å². The molecule has 21 heavy (non-hydrogen) atoms. The van der Waals surface area contributed by atoms with Crippen LogP contribution in [0, 0.1) is 5.92 Å². The van der Waals surface area contributed by atoms with Gasteiger partial charge in [-0.1, -0.05) is 51.7 Å². The molecule has 118 valence electrons. The molecule has 0 N–H and O–H groups in total. The normalized spacial score (nSPS) is 13.3. The highest BCUT2D eigenvalue weighted by molar-refractivity contribution is 8.00. The van der Waals surface area contributed by atoms with Crippen molar-refractivity contribution in [2.24, 2.45) is 5.92 Å². The maximum Gasteiger partial charge on any atom is 0.306 e. The molecule has 0 saturated heterocycles. The Morgan fingerprint density at radius 2 is 1.86 bits per heavy atom. The second kappa shape index (κ2) is 8.04. The van der Waals surface area contributed by atoms with E-state index in [1.807, 2.05) is 11.8 Å². The highest BCUT2D eigenvalue weighted by Gasteiger charge is 2.23. The first-order chi connectivity index (χ1) is 9.74. The van der Waals surface area contributed by atoms with Crippen molar-refractivity contribution in [2.45, 2.75) is 56.5 Å². The molecule has 1 aromatic carbocycles. The zero-order valence-electron chi connectivity index (χ0n) is 14.1. The van der Waals surface area contributed by atoms with Gasteiger partial charge in [-0.05, 0) is 23.6 Å². The smallest absolute Gasteiger partial charge is 0.306 e. The summed E-state index contributed by atoms with van der Waals surface area (Å²) in [5.41, 5.74) is 0. The summed E-state index contributed by atoms with van der Waals surface area (Å²) < 4.78 is 4.85. The molecule has 0 radical (unpaired) electrons. The first-order valence-corrected chi connectivity index (χ1v) is 11.9. The molecule has 1 atom stereocenters. The number of ether oxygens (including phenoxy) is 1. The monoisotopic (exact) mass is 324 g/mol. The fourth-order valence-corrected chi connectivity index (χ4v) is 6.26. The van der Waals surface area contributed by atoms with E-state index in [0.717, 1.165) is 6.42 Å². The largest absolute Gasteiger partial charge is 0.469 e. The van der Waals surface area contributed by atoms with Crippen molar-refractivity contribution in [3.8, 4) is 0 Å². The van der Waals surface area contributed by atoms with Crippen LogP contribution < -0.4 is 5.19 Å². The molecule has 0 bridgehead atoms. The van der Waals surface area contributed by atoms with Crippen molar-refractivity contribution < 1.29 is 9.53 Å². The zero-order valence-corrected chi connectivity index (χ0v) is 15.9. The lowest BCUT2D eigenvalue weighted by atomic mass is 10.1. The first-order valence-electron chi connectivity index (χ1n) is 7.57. The average Bonchev–Trinajstić information content (AvgIpc) is 2.37. The van der Waals surface area contributed by atoms with Gasteiger partial charge >= 0.3 is 5.97 Å². The number of benzene rings is 1. The van der Waals surface area contributed by atoms with E-state index in [9.17, 15) is 4.79 Å². The summed E-state index contributed by atoms with van der Waals surface area (Å²) in [7, 11) is 0.0978. The molecular formula is C17H28O2SSi. The minimum absolute atomic E-state index is 0.112. The fourth-order valence-electron chi connectivity index (χ4n) is 2.34. The zero-order chi connectivity index (χ0) is 16.0. The molecule has 0 amide bonds. The Balaban J connectivity index is 2.95. The van der Waals surface area contributed by atoms with E-state index in [0.29, 0.717) is 12.3 Å². The van der Waals surface area contributed by atoms with Gasteiger partial charge in [-0.3, -0.25) is 4.79 Å². The molecule has 1 rings (SSSR count). The van der Waals surface area contributed by atoms with Crippen LogP contribution in [0.15, 0.2) is 29.2 Å². The van der Waals surface area contributed by atoms with Crippen molar-refractivity contribution in [3.05, 3.63) is 24.3 Å². The predicted octanol–water partition coefficient (Wildman–Crippen LogP) is 4.30. The molecule has 2 nitrogen and oxygen atoms in total. The highest BCUT2D eigenvalue weighted by atomic mass is 32.2. The van der Waals surface area contributed by atoms with E-state index in [-0.39, 0.29) is 11.2 Å². The van der Waals surface area contributed by atoms with Gasteiger partial charge in [-0.2, -0.15) is 0 Å². The van der Waals surface area contributed by atoms with Crippen molar-refractivity contribution in [2.75, 3.05) is 7.11 Å². The third kappa shape index (κ3) is 6.26. The van der Waals surface area contributed by atoms with Gasteiger partial charge in [0.05, 0.1) is 21.6 Å². The molecule has 4 heteroatoms. The van der Waals surface area contributed by atoms with E-state index in [2.05, 4.69) is 57.8 Å². The SMILES string of the molecule is COC(=O)C[C@@H](CC(C)C)Sc1ccccc1[Si](C)(C)C. The summed E-state index contributed by atoms with van der Waals surface area (Å²) in [6, 6.07) is 8.66. The van der Waals surface area contributed by atoms with Gasteiger partial charge in [0.15, 0.2) is 0 Å². The number of hydrogen-bond donors (Lipinski definition) is 0. The van der Waals surface area contributed by atoms with Crippen LogP contribution in [0.4, 0.5) is 0 Å². The van der Waals surface area contributed by atoms with E-state index in [1.54, 1.807) is 0 Å². The Morgan fingerprint density at radius 1 is 1.24 bits per heavy atom. The number of hydrogen-bond acceptors (Lipinski definition) is 3. The average molecular weight is 325 g/mol. The molecule has 0 saturated carbocycles. The molecule has 0 aliphatic carbocycles. The summed E-state index contributed by atoms with van der Waals surface area (Å²) in [5, 5.41) is 1.77. The first kappa shape index (κ1) is 18.3. The molecular weight excluding hydrogens is 296 g/mol. The lowest BCUT2D eigenvalue weighted by Gasteiger charge is -2.24. The van der Waals surface area contributed by atoms with Crippen molar-refractivity contribution >= 4 is 31.0 Å². The van der Waals surface area contributed by atoms with Gasteiger partial charge in [0.1, 0.15) is 0 Å². The molecule has 0 spiro atoms. The fraction of sp³-hybridized carbons (Fsp3) is 0.588. The Kier molecular flexibility index (Phi) is 7.01. The Hall–Kier alpha value is -0.743. The minimum Gasteiger partial charge on any atom is -0.469 e. The lowest BCUT2D eigenvalue weighted by Crippen LogP contribution is -2.39. The Labute approximate surface area is 134 Å². The van der Waals surface area contributed by atoms with Crippen LogP contribution in [0.2, 0.25) is 19.6 Å². The van der Waals surface area contributed by atoms with Crippen molar-refractivity contribution in [1.82, 2.24) is 0 Å². The van der Waals surface area contributed by atoms with Gasteiger partial charge in [0, 0.05) is 10.1 Å². The van der Waals surface area contributed by atoms with E-state index in [1.165, 1.54) is 17.2 Å². The number of methoxy groups -OCH3 is 1. The van der Waals surface area contributed by atoms with Crippen molar-refractivity contribution in [3.63, 3.8) is 0 Å². The number of rotatable bonds is 7. The molecule has 0 fully saturated rings. The Morgan fingerprint density at radius 3 is 2.38 bits per heavy atom. The van der Waals surface area contributed by atoms with Crippen LogP contribution in [0.1, 0.15) is 26.7 Å². The molecule has 0 aliphatic heterocycles. The summed E-state index contributed by atoms with van der Waals surface area (Å²) >= 11 is 1.85. The minimum atomic E-state index is -1.37. The highest BCUT2D eigenvalue weighted by Crippen LogP contribution is 2.30. The molecule has 1 aromatic rings. The van der Waals surface area contributed by atoms with Gasteiger partial charge in [-0.25, -0.2) is 0 Å². The standard InChI is InChI=1S/C17H28O2SSi/c1-13(2)11-14(12-17(18)19-3)20-15-9-7-8-10-16(15)21(4,5)6/h7-10,13-14H,11-12H2,1-6H3/t14-/m1/s1. The molecule has 0 aromatic heterocycles. The topological polar surface area (TPSA) is 26.3 Å². The summed E-state index contributed by atoms with van der Waals surface area (Å²) in [6.45, 7) is 11.5. The Bertz CT molecular complexity index is 466. The lowest BCUT2D eigenvalue weighted by molar-refractivity contribution is -0.140. The number of thioether (sulfide) groups is 1.